The smallest absolute Gasteiger partial charge is 0.180 e. The van der Waals surface area contributed by atoms with E-state index in [-0.39, 0.29) is 26.4 Å². The SMILES string of the molecule is CCS(=O)(=O)c1cc(-c2ccc(F)cc2F)cnc1Br. The first-order valence-electron chi connectivity index (χ1n) is 5.69. The van der Waals surface area contributed by atoms with Crippen LogP contribution in [0.3, 0.4) is 0 Å². The maximum absolute atomic E-state index is 13.7. The van der Waals surface area contributed by atoms with Gasteiger partial charge in [-0.2, -0.15) is 0 Å². The molecule has 1 heterocycles. The Labute approximate surface area is 123 Å². The molecule has 2 aromatic rings. The molecule has 0 saturated carbocycles. The average Bonchev–Trinajstić information content (AvgIpc) is 2.39. The number of hydrogen-bond acceptors (Lipinski definition) is 3. The first-order valence-corrected chi connectivity index (χ1v) is 8.13. The topological polar surface area (TPSA) is 47.0 Å². The van der Waals surface area contributed by atoms with Gasteiger partial charge in [0.2, 0.25) is 0 Å². The molecule has 1 aromatic carbocycles. The van der Waals surface area contributed by atoms with E-state index in [1.807, 2.05) is 0 Å². The van der Waals surface area contributed by atoms with Gasteiger partial charge in [-0.15, -0.1) is 0 Å². The van der Waals surface area contributed by atoms with E-state index in [1.165, 1.54) is 25.3 Å². The van der Waals surface area contributed by atoms with Crippen LogP contribution in [0.1, 0.15) is 6.92 Å². The fourth-order valence-electron chi connectivity index (χ4n) is 1.67. The summed E-state index contributed by atoms with van der Waals surface area (Å²) in [4.78, 5) is 3.90. The number of rotatable bonds is 3. The maximum Gasteiger partial charge on any atom is 0.180 e. The van der Waals surface area contributed by atoms with Crippen LogP contribution in [0, 0.1) is 11.6 Å². The fourth-order valence-corrected chi connectivity index (χ4v) is 3.56. The number of halogens is 3. The van der Waals surface area contributed by atoms with Crippen molar-refractivity contribution in [2.75, 3.05) is 5.75 Å². The van der Waals surface area contributed by atoms with Gasteiger partial charge in [-0.3, -0.25) is 0 Å². The van der Waals surface area contributed by atoms with E-state index in [1.54, 1.807) is 0 Å². The molecule has 0 saturated heterocycles. The molecule has 7 heteroatoms. The fraction of sp³-hybridized carbons (Fsp3) is 0.154. The van der Waals surface area contributed by atoms with E-state index in [9.17, 15) is 17.2 Å². The van der Waals surface area contributed by atoms with Gasteiger partial charge >= 0.3 is 0 Å². The lowest BCUT2D eigenvalue weighted by atomic mass is 10.1. The minimum Gasteiger partial charge on any atom is -0.247 e. The number of pyridine rings is 1. The van der Waals surface area contributed by atoms with Crippen LogP contribution in [0.25, 0.3) is 11.1 Å². The summed E-state index contributed by atoms with van der Waals surface area (Å²) in [5.41, 5.74) is 0.372. The van der Waals surface area contributed by atoms with E-state index in [2.05, 4.69) is 20.9 Å². The van der Waals surface area contributed by atoms with Gasteiger partial charge in [-0.1, -0.05) is 6.92 Å². The van der Waals surface area contributed by atoms with Crippen molar-refractivity contribution in [1.29, 1.82) is 0 Å². The second kappa shape index (κ2) is 5.57. The van der Waals surface area contributed by atoms with Crippen LogP contribution in [-0.4, -0.2) is 19.2 Å². The number of benzene rings is 1. The minimum absolute atomic E-state index is 0.0128. The van der Waals surface area contributed by atoms with Crippen molar-refractivity contribution in [3.8, 4) is 11.1 Å². The van der Waals surface area contributed by atoms with Crippen LogP contribution < -0.4 is 0 Å². The second-order valence-electron chi connectivity index (χ2n) is 4.04. The van der Waals surface area contributed by atoms with E-state index in [0.717, 1.165) is 12.1 Å². The highest BCUT2D eigenvalue weighted by molar-refractivity contribution is 9.10. The number of hydrogen-bond donors (Lipinski definition) is 0. The van der Waals surface area contributed by atoms with Gasteiger partial charge in [-0.05, 0) is 34.1 Å². The summed E-state index contributed by atoms with van der Waals surface area (Å²) in [5, 5.41) is 0. The lowest BCUT2D eigenvalue weighted by Gasteiger charge is -2.08. The monoisotopic (exact) mass is 361 g/mol. The van der Waals surface area contributed by atoms with Gasteiger partial charge in [-0.25, -0.2) is 22.2 Å². The Bertz CT molecular complexity index is 763. The highest BCUT2D eigenvalue weighted by atomic mass is 79.9. The zero-order chi connectivity index (χ0) is 14.9. The standard InChI is InChI=1S/C13H10BrF2NO2S/c1-2-20(18,19)12-5-8(7-17-13(12)14)10-4-3-9(15)6-11(10)16/h3-7H,2H2,1H3. The molecule has 0 aliphatic rings. The Morgan fingerprint density at radius 1 is 1.25 bits per heavy atom. The van der Waals surface area contributed by atoms with Crippen LogP contribution in [0.4, 0.5) is 8.78 Å². The third kappa shape index (κ3) is 2.88. The van der Waals surface area contributed by atoms with Gasteiger partial charge < -0.3 is 0 Å². The molecule has 0 unspecified atom stereocenters. The minimum atomic E-state index is -3.49. The molecule has 0 bridgehead atoms. The average molecular weight is 362 g/mol. The molecule has 0 aliphatic heterocycles. The van der Waals surface area contributed by atoms with Crippen molar-refractivity contribution < 1.29 is 17.2 Å². The highest BCUT2D eigenvalue weighted by Crippen LogP contribution is 2.29. The van der Waals surface area contributed by atoms with Crippen molar-refractivity contribution in [3.63, 3.8) is 0 Å². The molecular formula is C13H10BrF2NO2S. The molecule has 0 spiro atoms. The zero-order valence-corrected chi connectivity index (χ0v) is 12.8. The molecule has 1 aromatic heterocycles. The third-order valence-corrected chi connectivity index (χ3v) is 5.40. The molecule has 106 valence electrons. The molecule has 0 amide bonds. The molecule has 20 heavy (non-hydrogen) atoms. The Morgan fingerprint density at radius 2 is 1.95 bits per heavy atom. The van der Waals surface area contributed by atoms with Crippen molar-refractivity contribution in [3.05, 3.63) is 46.7 Å². The largest absolute Gasteiger partial charge is 0.247 e. The summed E-state index contributed by atoms with van der Waals surface area (Å²) >= 11 is 3.07. The molecule has 0 N–H and O–H groups in total. The Hall–Kier alpha value is -1.34. The molecule has 0 aliphatic carbocycles. The van der Waals surface area contributed by atoms with Crippen LogP contribution in [0.15, 0.2) is 40.0 Å². The summed E-state index contributed by atoms with van der Waals surface area (Å²) in [7, 11) is -3.49. The number of sulfone groups is 1. The van der Waals surface area contributed by atoms with Gasteiger partial charge in [0.15, 0.2) is 9.84 Å². The van der Waals surface area contributed by atoms with Crippen LogP contribution in [0.2, 0.25) is 0 Å². The molecule has 2 rings (SSSR count). The molecular weight excluding hydrogens is 352 g/mol. The predicted molar refractivity (Wildman–Crippen MR) is 75.0 cm³/mol. The second-order valence-corrected chi connectivity index (χ2v) is 7.04. The van der Waals surface area contributed by atoms with Crippen molar-refractivity contribution in [1.82, 2.24) is 4.98 Å². The number of nitrogens with zero attached hydrogens (tertiary/aromatic N) is 1. The molecule has 0 atom stereocenters. The van der Waals surface area contributed by atoms with Gasteiger partial charge in [0.1, 0.15) is 21.1 Å². The van der Waals surface area contributed by atoms with Crippen molar-refractivity contribution in [2.24, 2.45) is 0 Å². The normalized spacial score (nSPS) is 11.6. The lowest BCUT2D eigenvalue weighted by molar-refractivity contribution is 0.585. The maximum atomic E-state index is 13.7. The summed E-state index contributed by atoms with van der Waals surface area (Å²) < 4.78 is 50.6. The zero-order valence-electron chi connectivity index (χ0n) is 10.4. The van der Waals surface area contributed by atoms with Crippen LogP contribution >= 0.6 is 15.9 Å². The van der Waals surface area contributed by atoms with Gasteiger partial charge in [0, 0.05) is 23.4 Å². The molecule has 0 fully saturated rings. The van der Waals surface area contributed by atoms with E-state index in [4.69, 9.17) is 0 Å². The van der Waals surface area contributed by atoms with E-state index >= 15 is 0 Å². The molecule has 0 radical (unpaired) electrons. The summed E-state index contributed by atoms with van der Waals surface area (Å²) in [6.07, 6.45) is 1.33. The highest BCUT2D eigenvalue weighted by Gasteiger charge is 2.18. The lowest BCUT2D eigenvalue weighted by Crippen LogP contribution is -2.06. The van der Waals surface area contributed by atoms with E-state index in [0.29, 0.717) is 0 Å². The summed E-state index contributed by atoms with van der Waals surface area (Å²) in [5.74, 6) is -1.56. The van der Waals surface area contributed by atoms with Gasteiger partial charge in [0.25, 0.3) is 0 Å². The molecule has 3 nitrogen and oxygen atoms in total. The van der Waals surface area contributed by atoms with Crippen LogP contribution in [-0.2, 0) is 9.84 Å². The first kappa shape index (κ1) is 15.1. The quantitative estimate of drug-likeness (QED) is 0.785. The Kier molecular flexibility index (Phi) is 4.19. The van der Waals surface area contributed by atoms with Gasteiger partial charge in [0.05, 0.1) is 5.75 Å². The first-order chi connectivity index (χ1) is 9.35. The Morgan fingerprint density at radius 3 is 2.55 bits per heavy atom. The van der Waals surface area contributed by atoms with Crippen molar-refractivity contribution in [2.45, 2.75) is 11.8 Å². The van der Waals surface area contributed by atoms with Crippen LogP contribution in [0.5, 0.6) is 0 Å². The predicted octanol–water partition coefficient (Wildman–Crippen LogP) is 3.58. The third-order valence-electron chi connectivity index (χ3n) is 2.76. The Balaban J connectivity index is 2.63. The number of aromatic nitrogens is 1. The summed E-state index contributed by atoms with van der Waals surface area (Å²) in [6, 6.07) is 4.42. The van der Waals surface area contributed by atoms with E-state index < -0.39 is 21.5 Å². The van der Waals surface area contributed by atoms with Crippen molar-refractivity contribution >= 4 is 25.8 Å². The summed E-state index contributed by atoms with van der Waals surface area (Å²) in [6.45, 7) is 1.51.